The van der Waals surface area contributed by atoms with E-state index in [0.29, 0.717) is 24.7 Å². The molecule has 6 nitrogen and oxygen atoms in total. The topological polar surface area (TPSA) is 76.3 Å². The minimum atomic E-state index is -2.89. The zero-order valence-corrected chi connectivity index (χ0v) is 13.3. The Hall–Kier alpha value is -1.73. The molecule has 1 aromatic carbocycles. The molecule has 22 heavy (non-hydrogen) atoms. The highest BCUT2D eigenvalue weighted by Crippen LogP contribution is 2.21. The minimum Gasteiger partial charge on any atom is -0.419 e. The highest BCUT2D eigenvalue weighted by Gasteiger charge is 2.32. The number of nitrogens with zero attached hydrogens (tertiary/aromatic N) is 3. The molecule has 2 heterocycles. The van der Waals surface area contributed by atoms with E-state index in [1.165, 1.54) is 0 Å². The molecule has 0 bridgehead atoms. The van der Waals surface area contributed by atoms with Gasteiger partial charge in [0, 0.05) is 11.6 Å². The third-order valence-electron chi connectivity index (χ3n) is 3.96. The number of rotatable bonds is 5. The zero-order valence-electron chi connectivity index (χ0n) is 12.5. The number of benzene rings is 1. The summed E-state index contributed by atoms with van der Waals surface area (Å²) in [5, 5.41) is 8.15. The van der Waals surface area contributed by atoms with Crippen molar-refractivity contribution in [2.45, 2.75) is 25.9 Å². The summed E-state index contributed by atoms with van der Waals surface area (Å²) in [7, 11) is -2.89. The van der Waals surface area contributed by atoms with Crippen molar-refractivity contribution in [2.75, 3.05) is 18.1 Å². The van der Waals surface area contributed by atoms with Gasteiger partial charge < -0.3 is 4.42 Å². The summed E-state index contributed by atoms with van der Waals surface area (Å²) in [6, 6.07) is 9.64. The molecule has 0 spiro atoms. The predicted molar refractivity (Wildman–Crippen MR) is 82.9 cm³/mol. The van der Waals surface area contributed by atoms with Crippen LogP contribution in [-0.4, -0.2) is 47.6 Å². The Balaban J connectivity index is 1.71. The maximum Gasteiger partial charge on any atom is 0.247 e. The summed E-state index contributed by atoms with van der Waals surface area (Å²) in [4.78, 5) is 2.09. The Morgan fingerprint density at radius 2 is 2.05 bits per heavy atom. The fraction of sp³-hybridized carbons (Fsp3) is 0.467. The number of aromatic nitrogens is 2. The van der Waals surface area contributed by atoms with Crippen LogP contribution < -0.4 is 0 Å². The molecule has 0 aliphatic carbocycles. The maximum atomic E-state index is 11.6. The molecule has 3 rings (SSSR count). The molecule has 0 radical (unpaired) electrons. The molecule has 2 aromatic rings. The van der Waals surface area contributed by atoms with Crippen LogP contribution in [0.2, 0.25) is 0 Å². The Morgan fingerprint density at radius 1 is 1.27 bits per heavy atom. The molecular formula is C15H19N3O3S. The Bertz CT molecular complexity index is 728. The van der Waals surface area contributed by atoms with Gasteiger partial charge in [-0.3, -0.25) is 4.90 Å². The molecule has 1 aliphatic heterocycles. The van der Waals surface area contributed by atoms with Crippen LogP contribution in [0.15, 0.2) is 34.7 Å². The van der Waals surface area contributed by atoms with Crippen LogP contribution >= 0.6 is 0 Å². The first-order valence-corrected chi connectivity index (χ1v) is 9.22. The van der Waals surface area contributed by atoms with Gasteiger partial charge in [0.15, 0.2) is 9.84 Å². The van der Waals surface area contributed by atoms with Gasteiger partial charge >= 0.3 is 0 Å². The van der Waals surface area contributed by atoms with Crippen LogP contribution in [0.1, 0.15) is 19.2 Å². The highest BCUT2D eigenvalue weighted by atomic mass is 32.2. The minimum absolute atomic E-state index is 0.0436. The lowest BCUT2D eigenvalue weighted by Crippen LogP contribution is -2.35. The summed E-state index contributed by atoms with van der Waals surface area (Å²) in [6.45, 7) is 3.25. The van der Waals surface area contributed by atoms with Crippen molar-refractivity contribution in [3.63, 3.8) is 0 Å². The Morgan fingerprint density at radius 3 is 2.68 bits per heavy atom. The molecule has 118 valence electrons. The molecule has 1 saturated heterocycles. The van der Waals surface area contributed by atoms with E-state index in [2.05, 4.69) is 15.1 Å². The van der Waals surface area contributed by atoms with E-state index >= 15 is 0 Å². The van der Waals surface area contributed by atoms with Crippen molar-refractivity contribution in [3.8, 4) is 11.5 Å². The van der Waals surface area contributed by atoms with Crippen LogP contribution in [-0.2, 0) is 16.4 Å². The second-order valence-corrected chi connectivity index (χ2v) is 7.72. The number of sulfone groups is 1. The second kappa shape index (κ2) is 6.18. The van der Waals surface area contributed by atoms with Gasteiger partial charge in [0.2, 0.25) is 11.8 Å². The van der Waals surface area contributed by atoms with Crippen molar-refractivity contribution < 1.29 is 12.8 Å². The first-order chi connectivity index (χ1) is 10.6. The molecule has 0 N–H and O–H groups in total. The van der Waals surface area contributed by atoms with E-state index in [4.69, 9.17) is 4.42 Å². The fourth-order valence-corrected chi connectivity index (χ4v) is 4.51. The van der Waals surface area contributed by atoms with Crippen molar-refractivity contribution in [1.29, 1.82) is 0 Å². The molecule has 1 aromatic heterocycles. The molecular weight excluding hydrogens is 302 g/mol. The molecule has 1 unspecified atom stereocenters. The zero-order chi connectivity index (χ0) is 15.6. The molecule has 0 saturated carbocycles. The van der Waals surface area contributed by atoms with Gasteiger partial charge in [-0.25, -0.2) is 8.42 Å². The first-order valence-electron chi connectivity index (χ1n) is 7.39. The summed E-state index contributed by atoms with van der Waals surface area (Å²) in [5.41, 5.74) is 0.882. The van der Waals surface area contributed by atoms with Crippen LogP contribution in [0.4, 0.5) is 0 Å². The third kappa shape index (κ3) is 3.36. The van der Waals surface area contributed by atoms with Crippen molar-refractivity contribution in [1.82, 2.24) is 15.1 Å². The van der Waals surface area contributed by atoms with Gasteiger partial charge in [-0.05, 0) is 25.1 Å². The third-order valence-corrected chi connectivity index (χ3v) is 5.71. The van der Waals surface area contributed by atoms with Crippen molar-refractivity contribution >= 4 is 9.84 Å². The quantitative estimate of drug-likeness (QED) is 0.835. The van der Waals surface area contributed by atoms with Crippen LogP contribution in [0.25, 0.3) is 11.5 Å². The Labute approximate surface area is 130 Å². The van der Waals surface area contributed by atoms with Gasteiger partial charge in [-0.1, -0.05) is 25.1 Å². The van der Waals surface area contributed by atoms with E-state index in [0.717, 1.165) is 12.1 Å². The molecule has 7 heteroatoms. The van der Waals surface area contributed by atoms with Gasteiger partial charge in [-0.15, -0.1) is 10.2 Å². The van der Waals surface area contributed by atoms with E-state index in [1.54, 1.807) is 0 Å². The lowest BCUT2D eigenvalue weighted by atomic mass is 10.2. The summed E-state index contributed by atoms with van der Waals surface area (Å²) in [6.07, 6.45) is 0.676. The number of hydrogen-bond acceptors (Lipinski definition) is 6. The van der Waals surface area contributed by atoms with Crippen molar-refractivity contribution in [3.05, 3.63) is 36.2 Å². The average Bonchev–Trinajstić information content (AvgIpc) is 3.12. The van der Waals surface area contributed by atoms with Gasteiger partial charge in [-0.2, -0.15) is 0 Å². The lowest BCUT2D eigenvalue weighted by molar-refractivity contribution is 0.195. The monoisotopic (exact) mass is 321 g/mol. The average molecular weight is 321 g/mol. The highest BCUT2D eigenvalue weighted by molar-refractivity contribution is 7.91. The molecule has 0 amide bonds. The van der Waals surface area contributed by atoms with Crippen LogP contribution in [0.5, 0.6) is 0 Å². The maximum absolute atomic E-state index is 11.6. The van der Waals surface area contributed by atoms with Crippen molar-refractivity contribution in [2.24, 2.45) is 0 Å². The SMILES string of the molecule is CCN(Cc1nnc(-c2ccccc2)o1)C1CCS(=O)(=O)C1. The van der Waals surface area contributed by atoms with Crippen LogP contribution in [0, 0.1) is 0 Å². The standard InChI is InChI=1S/C15H19N3O3S/c1-2-18(13-8-9-22(19,20)11-13)10-14-16-17-15(21-14)12-6-4-3-5-7-12/h3-7,13H,2,8-11H2,1H3. The lowest BCUT2D eigenvalue weighted by Gasteiger charge is -2.24. The van der Waals surface area contributed by atoms with E-state index in [9.17, 15) is 8.42 Å². The fourth-order valence-electron chi connectivity index (χ4n) is 2.75. The summed E-state index contributed by atoms with van der Waals surface area (Å²) >= 11 is 0. The smallest absolute Gasteiger partial charge is 0.247 e. The molecule has 1 aliphatic rings. The first kappa shape index (κ1) is 15.2. The molecule has 1 fully saturated rings. The van der Waals surface area contributed by atoms with E-state index in [-0.39, 0.29) is 17.5 Å². The van der Waals surface area contributed by atoms with Gasteiger partial charge in [0.05, 0.1) is 18.1 Å². The van der Waals surface area contributed by atoms with E-state index in [1.807, 2.05) is 37.3 Å². The summed E-state index contributed by atoms with van der Waals surface area (Å²) < 4.78 is 28.9. The van der Waals surface area contributed by atoms with E-state index < -0.39 is 9.84 Å². The Kier molecular flexibility index (Phi) is 4.26. The predicted octanol–water partition coefficient (Wildman–Crippen LogP) is 1.75. The summed E-state index contributed by atoms with van der Waals surface area (Å²) in [5.74, 6) is 1.50. The largest absolute Gasteiger partial charge is 0.419 e. The molecule has 1 atom stereocenters. The van der Waals surface area contributed by atoms with Gasteiger partial charge in [0.1, 0.15) is 0 Å². The normalized spacial score (nSPS) is 20.5. The second-order valence-electron chi connectivity index (χ2n) is 5.49. The van der Waals surface area contributed by atoms with Gasteiger partial charge in [0.25, 0.3) is 0 Å². The van der Waals surface area contributed by atoms with Crippen LogP contribution in [0.3, 0.4) is 0 Å². The number of hydrogen-bond donors (Lipinski definition) is 0.